The number of azo groups is 2. The SMILES string of the molecule is COc1cc(N=Nc2ccc(S(=O)(=O)O)cc2O)c(N=Nc2c(S(=O)(=O)O)cc3c(S(=O)(=O)O)c(Nc4nc(F)nc(N5CCOCC5)n4)ccc3c2O)cc1OC.[Cu]. The summed E-state index contributed by atoms with van der Waals surface area (Å²) in [6.45, 7) is 1.18. The molecule has 0 spiro atoms. The molecule has 59 heavy (non-hydrogen) atoms. The minimum atomic E-state index is -5.39. The molecular formula is C31H28CuFN9O14S3. The Hall–Kier alpha value is -5.71. The fraction of sp³-hybridized carbons (Fsp3) is 0.194. The van der Waals surface area contributed by atoms with Crippen LogP contribution in [0.2, 0.25) is 0 Å². The van der Waals surface area contributed by atoms with Gasteiger partial charge in [0.05, 0.1) is 38.0 Å². The van der Waals surface area contributed by atoms with Crippen LogP contribution in [0, 0.1) is 6.08 Å². The average Bonchev–Trinajstić information content (AvgIpc) is 3.15. The Morgan fingerprint density at radius 3 is 1.92 bits per heavy atom. The number of phenols is 2. The van der Waals surface area contributed by atoms with Crippen LogP contribution < -0.4 is 19.7 Å². The Balaban J connectivity index is 0.00000661. The fourth-order valence-corrected chi connectivity index (χ4v) is 7.45. The summed E-state index contributed by atoms with van der Waals surface area (Å²) in [5, 5.41) is 38.6. The quantitative estimate of drug-likeness (QED) is 0.0559. The van der Waals surface area contributed by atoms with Gasteiger partial charge in [-0.3, -0.25) is 13.7 Å². The van der Waals surface area contributed by atoms with Crippen molar-refractivity contribution in [3.63, 3.8) is 0 Å². The third-order valence-electron chi connectivity index (χ3n) is 8.11. The molecule has 1 aliphatic rings. The summed E-state index contributed by atoms with van der Waals surface area (Å²) in [6.07, 6.45) is -1.25. The topological polar surface area (TPSA) is 335 Å². The van der Waals surface area contributed by atoms with E-state index in [1.807, 2.05) is 0 Å². The zero-order valence-corrected chi connectivity index (χ0v) is 33.2. The van der Waals surface area contributed by atoms with E-state index in [4.69, 9.17) is 14.2 Å². The van der Waals surface area contributed by atoms with Gasteiger partial charge in [-0.15, -0.1) is 20.5 Å². The number of benzene rings is 4. The maximum Gasteiger partial charge on any atom is 0.315 e. The number of morpholine rings is 1. The first-order valence-corrected chi connectivity index (χ1v) is 20.3. The normalized spacial score (nSPS) is 13.8. The summed E-state index contributed by atoms with van der Waals surface area (Å²) >= 11 is 0. The van der Waals surface area contributed by atoms with Crippen molar-refractivity contribution in [2.24, 2.45) is 20.5 Å². The van der Waals surface area contributed by atoms with E-state index in [1.54, 1.807) is 4.90 Å². The zero-order valence-electron chi connectivity index (χ0n) is 29.8. The second kappa shape index (κ2) is 17.3. The Labute approximate surface area is 343 Å². The van der Waals surface area contributed by atoms with Crippen molar-refractivity contribution in [3.8, 4) is 23.0 Å². The van der Waals surface area contributed by atoms with Gasteiger partial charge >= 0.3 is 6.08 Å². The van der Waals surface area contributed by atoms with E-state index in [-0.39, 0.29) is 51.6 Å². The van der Waals surface area contributed by atoms with Crippen LogP contribution in [-0.2, 0) is 52.2 Å². The molecule has 0 amide bonds. The van der Waals surface area contributed by atoms with Crippen molar-refractivity contribution in [2.75, 3.05) is 50.7 Å². The standard InChI is InChI=1S/C31H28FN9O14S3.Cu/c1-53-23-13-20(38-37-18-5-3-15(11-22(18)42)56(44,45)46)21(14-24(23)54-2)39-40-26-25(57(47,48)49)12-17-16(27(26)43)4-6-19(28(17)58(50,51)52)33-30-34-29(32)35-31(36-30)41-7-9-55-10-8-41;/h3-6,11-14,42-43H,7-10H2,1-2H3,(H,44,45,46)(H,47,48,49)(H,50,51,52)(H,33,34,35,36);. The van der Waals surface area contributed by atoms with Gasteiger partial charge in [0.25, 0.3) is 30.4 Å². The Bertz CT molecular complexity index is 2870. The van der Waals surface area contributed by atoms with Crippen LogP contribution in [0.25, 0.3) is 10.8 Å². The van der Waals surface area contributed by atoms with Crippen LogP contribution in [0.1, 0.15) is 0 Å². The molecule has 0 unspecified atom stereocenters. The number of phenolic OH excluding ortho intramolecular Hbond substituents is 2. The minimum absolute atomic E-state index is 0. The van der Waals surface area contributed by atoms with E-state index in [2.05, 4.69) is 40.7 Å². The summed E-state index contributed by atoms with van der Waals surface area (Å²) in [7, 11) is -12.9. The van der Waals surface area contributed by atoms with Crippen LogP contribution in [-0.4, -0.2) is 105 Å². The number of aromatic nitrogens is 3. The summed E-state index contributed by atoms with van der Waals surface area (Å²) in [4.78, 5) is 9.97. The van der Waals surface area contributed by atoms with Gasteiger partial charge in [-0.2, -0.15) is 44.6 Å². The molecule has 2 heterocycles. The Morgan fingerprint density at radius 2 is 1.36 bits per heavy atom. The monoisotopic (exact) mass is 928 g/mol. The van der Waals surface area contributed by atoms with Gasteiger partial charge in [0, 0.05) is 59.1 Å². The van der Waals surface area contributed by atoms with Gasteiger partial charge in [0.15, 0.2) is 17.2 Å². The number of nitrogens with zero attached hydrogens (tertiary/aromatic N) is 8. The molecule has 0 bridgehead atoms. The van der Waals surface area contributed by atoms with Crippen molar-refractivity contribution in [1.82, 2.24) is 15.0 Å². The summed E-state index contributed by atoms with van der Waals surface area (Å²) in [5.41, 5.74) is -2.20. The zero-order chi connectivity index (χ0) is 42.2. The first kappa shape index (κ1) is 44.4. The van der Waals surface area contributed by atoms with Crippen LogP contribution in [0.4, 0.5) is 44.7 Å². The average molecular weight is 929 g/mol. The van der Waals surface area contributed by atoms with E-state index in [9.17, 15) is 53.5 Å². The molecule has 0 aliphatic carbocycles. The number of anilines is 3. The number of hydrogen-bond acceptors (Lipinski definition) is 20. The van der Waals surface area contributed by atoms with E-state index in [0.29, 0.717) is 38.4 Å². The smallest absolute Gasteiger partial charge is 0.315 e. The number of halogens is 1. The van der Waals surface area contributed by atoms with Crippen LogP contribution >= 0.6 is 0 Å². The van der Waals surface area contributed by atoms with E-state index in [0.717, 1.165) is 24.3 Å². The van der Waals surface area contributed by atoms with Crippen molar-refractivity contribution in [2.45, 2.75) is 14.7 Å². The van der Waals surface area contributed by atoms with Gasteiger partial charge in [0.1, 0.15) is 38.3 Å². The molecule has 6 rings (SSSR count). The van der Waals surface area contributed by atoms with Crippen LogP contribution in [0.5, 0.6) is 23.0 Å². The second-order valence-electron chi connectivity index (χ2n) is 11.7. The molecule has 1 saturated heterocycles. The largest absolute Gasteiger partial charge is 0.506 e. The molecule has 0 atom stereocenters. The second-order valence-corrected chi connectivity index (χ2v) is 15.9. The summed E-state index contributed by atoms with van der Waals surface area (Å²) in [6, 6.07) is 7.73. The number of fused-ring (bicyclic) bond motifs is 1. The van der Waals surface area contributed by atoms with Crippen LogP contribution in [0.15, 0.2) is 83.7 Å². The molecule has 1 radical (unpaired) electrons. The van der Waals surface area contributed by atoms with Crippen molar-refractivity contribution in [1.29, 1.82) is 0 Å². The van der Waals surface area contributed by atoms with E-state index >= 15 is 0 Å². The molecule has 23 nitrogen and oxygen atoms in total. The molecule has 317 valence electrons. The number of ether oxygens (including phenoxy) is 3. The molecule has 1 aliphatic heterocycles. The van der Waals surface area contributed by atoms with Gasteiger partial charge in [-0.1, -0.05) is 0 Å². The molecular weight excluding hydrogens is 901 g/mol. The van der Waals surface area contributed by atoms with E-state index < -0.39 is 90.7 Å². The van der Waals surface area contributed by atoms with Crippen molar-refractivity contribution < 1.29 is 84.8 Å². The van der Waals surface area contributed by atoms with Gasteiger partial charge < -0.3 is 34.6 Å². The van der Waals surface area contributed by atoms with Crippen molar-refractivity contribution >= 4 is 81.5 Å². The molecule has 1 fully saturated rings. The molecule has 6 N–H and O–H groups in total. The minimum Gasteiger partial charge on any atom is -0.506 e. The van der Waals surface area contributed by atoms with Gasteiger partial charge in [-0.25, -0.2) is 0 Å². The molecule has 28 heteroatoms. The number of rotatable bonds is 12. The Morgan fingerprint density at radius 1 is 0.746 bits per heavy atom. The van der Waals surface area contributed by atoms with Crippen molar-refractivity contribution in [3.05, 3.63) is 54.6 Å². The number of aromatic hydroxyl groups is 2. The maximum absolute atomic E-state index is 14.5. The summed E-state index contributed by atoms with van der Waals surface area (Å²) in [5.74, 6) is -2.31. The van der Waals surface area contributed by atoms with Gasteiger partial charge in [0.2, 0.25) is 11.9 Å². The first-order chi connectivity index (χ1) is 27.3. The third-order valence-corrected chi connectivity index (χ3v) is 10.8. The molecule has 5 aromatic rings. The van der Waals surface area contributed by atoms with E-state index in [1.165, 1.54) is 26.4 Å². The summed E-state index contributed by atoms with van der Waals surface area (Å²) < 4.78 is 134. The molecule has 1 aromatic heterocycles. The fourth-order valence-electron chi connectivity index (χ4n) is 5.46. The van der Waals surface area contributed by atoms with Gasteiger partial charge in [-0.05, 0) is 30.3 Å². The number of methoxy groups -OCH3 is 2. The third kappa shape index (κ3) is 9.78. The van der Waals surface area contributed by atoms with Crippen LogP contribution in [0.3, 0.4) is 0 Å². The predicted molar refractivity (Wildman–Crippen MR) is 197 cm³/mol. The maximum atomic E-state index is 14.5. The predicted octanol–water partition coefficient (Wildman–Crippen LogP) is 4.74. The Kier molecular flexibility index (Phi) is 13.0. The molecule has 4 aromatic carbocycles. The first-order valence-electron chi connectivity index (χ1n) is 16.0. The molecule has 0 saturated carbocycles. The number of nitrogens with one attached hydrogen (secondary N) is 1. The number of hydrogen-bond donors (Lipinski definition) is 6.